The van der Waals surface area contributed by atoms with Crippen molar-refractivity contribution < 1.29 is 4.79 Å². The summed E-state index contributed by atoms with van der Waals surface area (Å²) in [6.45, 7) is 2.69. The summed E-state index contributed by atoms with van der Waals surface area (Å²) in [5, 5.41) is 2.90. The molecule has 0 aromatic carbocycles. The first-order valence-corrected chi connectivity index (χ1v) is 4.74. The molecule has 0 saturated heterocycles. The average molecular weight is 170 g/mol. The van der Waals surface area contributed by atoms with Crippen LogP contribution in [0.25, 0.3) is 0 Å². The smallest absolute Gasteiger partial charge is 0.219 e. The predicted octanol–water partition coefficient (Wildman–Crippen LogP) is 0.640. The van der Waals surface area contributed by atoms with E-state index in [0.29, 0.717) is 18.4 Å². The summed E-state index contributed by atoms with van der Waals surface area (Å²) in [5.41, 5.74) is 5.75. The van der Waals surface area contributed by atoms with Gasteiger partial charge >= 0.3 is 0 Å². The van der Waals surface area contributed by atoms with Crippen LogP contribution in [0.5, 0.6) is 0 Å². The normalized spacial score (nSPS) is 28.8. The monoisotopic (exact) mass is 170 g/mol. The minimum Gasteiger partial charge on any atom is -0.356 e. The predicted molar refractivity (Wildman–Crippen MR) is 48.6 cm³/mol. The third-order valence-electron chi connectivity index (χ3n) is 2.49. The molecule has 1 saturated carbocycles. The number of nitrogens with two attached hydrogens (primary N) is 1. The first-order chi connectivity index (χ1) is 5.72. The van der Waals surface area contributed by atoms with Gasteiger partial charge in [0.05, 0.1) is 0 Å². The maximum atomic E-state index is 10.9. The van der Waals surface area contributed by atoms with Crippen LogP contribution in [0.15, 0.2) is 0 Å². The van der Waals surface area contributed by atoms with Crippen LogP contribution < -0.4 is 11.1 Å². The fourth-order valence-electron chi connectivity index (χ4n) is 1.68. The molecular formula is C9H18N2O. The first kappa shape index (κ1) is 9.52. The number of hydrogen-bond acceptors (Lipinski definition) is 2. The lowest BCUT2D eigenvalue weighted by molar-refractivity contribution is -0.120. The fraction of sp³-hybridized carbons (Fsp3) is 0.889. The summed E-state index contributed by atoms with van der Waals surface area (Å²) in [6, 6.07) is 0.369. The largest absolute Gasteiger partial charge is 0.356 e. The molecule has 1 rings (SSSR count). The highest BCUT2D eigenvalue weighted by atomic mass is 16.1. The van der Waals surface area contributed by atoms with Crippen LogP contribution in [-0.4, -0.2) is 18.5 Å². The van der Waals surface area contributed by atoms with E-state index in [2.05, 4.69) is 5.32 Å². The zero-order chi connectivity index (χ0) is 8.97. The Kier molecular flexibility index (Phi) is 3.53. The number of nitrogens with one attached hydrogen (secondary N) is 1. The molecule has 0 unspecified atom stereocenters. The zero-order valence-corrected chi connectivity index (χ0v) is 7.68. The molecule has 0 heterocycles. The molecule has 0 radical (unpaired) electrons. The van der Waals surface area contributed by atoms with E-state index in [1.807, 2.05) is 6.92 Å². The summed E-state index contributed by atoms with van der Waals surface area (Å²) < 4.78 is 0. The summed E-state index contributed by atoms with van der Waals surface area (Å²) in [6.07, 6.45) is 3.95. The minimum atomic E-state index is 0.149. The summed E-state index contributed by atoms with van der Waals surface area (Å²) in [7, 11) is 0. The fourth-order valence-corrected chi connectivity index (χ4v) is 1.68. The first-order valence-electron chi connectivity index (χ1n) is 4.74. The number of rotatable bonds is 3. The van der Waals surface area contributed by atoms with Gasteiger partial charge in [0, 0.05) is 19.0 Å². The maximum absolute atomic E-state index is 10.9. The third-order valence-corrected chi connectivity index (χ3v) is 2.49. The zero-order valence-electron chi connectivity index (χ0n) is 7.68. The van der Waals surface area contributed by atoms with Crippen molar-refractivity contribution in [1.82, 2.24) is 5.32 Å². The van der Waals surface area contributed by atoms with Crippen molar-refractivity contribution in [2.45, 2.75) is 38.6 Å². The molecule has 3 heteroatoms. The topological polar surface area (TPSA) is 55.1 Å². The van der Waals surface area contributed by atoms with Crippen LogP contribution in [-0.2, 0) is 4.79 Å². The standard InChI is InChI=1S/C9H18N2O/c1-2-9(12)11-6-7-3-4-8(10)5-7/h7-8H,2-6,10H2,1H3,(H,11,12)/t7-,8+/m1/s1. The van der Waals surface area contributed by atoms with E-state index in [-0.39, 0.29) is 5.91 Å². The molecule has 0 bridgehead atoms. The Morgan fingerprint density at radius 2 is 2.33 bits per heavy atom. The molecule has 1 aliphatic carbocycles. The lowest BCUT2D eigenvalue weighted by Crippen LogP contribution is -2.28. The van der Waals surface area contributed by atoms with Crippen LogP contribution >= 0.6 is 0 Å². The second kappa shape index (κ2) is 4.45. The van der Waals surface area contributed by atoms with E-state index >= 15 is 0 Å². The Bertz CT molecular complexity index is 159. The van der Waals surface area contributed by atoms with Crippen LogP contribution in [0.3, 0.4) is 0 Å². The molecule has 2 atom stereocenters. The number of hydrogen-bond donors (Lipinski definition) is 2. The molecule has 0 spiro atoms. The van der Waals surface area contributed by atoms with Crippen LogP contribution in [0.4, 0.5) is 0 Å². The summed E-state index contributed by atoms with van der Waals surface area (Å²) in [4.78, 5) is 10.9. The second-order valence-corrected chi connectivity index (χ2v) is 3.60. The molecule has 3 N–H and O–H groups in total. The van der Waals surface area contributed by atoms with Crippen molar-refractivity contribution in [3.05, 3.63) is 0 Å². The molecule has 0 aromatic rings. The highest BCUT2D eigenvalue weighted by Gasteiger charge is 2.21. The lowest BCUT2D eigenvalue weighted by Gasteiger charge is -2.09. The molecule has 0 aliphatic heterocycles. The Morgan fingerprint density at radius 1 is 1.58 bits per heavy atom. The van der Waals surface area contributed by atoms with Gasteiger partial charge in [0.1, 0.15) is 0 Å². The average Bonchev–Trinajstić information content (AvgIpc) is 2.47. The van der Waals surface area contributed by atoms with Gasteiger partial charge in [0.2, 0.25) is 5.91 Å². The third kappa shape index (κ3) is 2.81. The summed E-state index contributed by atoms with van der Waals surface area (Å²) in [5.74, 6) is 0.769. The highest BCUT2D eigenvalue weighted by molar-refractivity contribution is 5.75. The van der Waals surface area contributed by atoms with Gasteiger partial charge in [-0.25, -0.2) is 0 Å². The molecule has 1 amide bonds. The Labute approximate surface area is 73.7 Å². The van der Waals surface area contributed by atoms with Gasteiger partial charge in [0.25, 0.3) is 0 Å². The van der Waals surface area contributed by atoms with Crippen molar-refractivity contribution in [2.75, 3.05) is 6.54 Å². The highest BCUT2D eigenvalue weighted by Crippen LogP contribution is 2.22. The Balaban J connectivity index is 2.11. The number of carbonyl (C=O) groups excluding carboxylic acids is 1. The van der Waals surface area contributed by atoms with E-state index in [9.17, 15) is 4.79 Å². The van der Waals surface area contributed by atoms with Crippen molar-refractivity contribution in [3.8, 4) is 0 Å². The summed E-state index contributed by atoms with van der Waals surface area (Å²) >= 11 is 0. The number of amides is 1. The van der Waals surface area contributed by atoms with Crippen LogP contribution in [0, 0.1) is 5.92 Å². The van der Waals surface area contributed by atoms with Gasteiger partial charge in [-0.1, -0.05) is 6.92 Å². The van der Waals surface area contributed by atoms with E-state index < -0.39 is 0 Å². The van der Waals surface area contributed by atoms with Crippen molar-refractivity contribution in [3.63, 3.8) is 0 Å². The lowest BCUT2D eigenvalue weighted by atomic mass is 10.1. The van der Waals surface area contributed by atoms with Gasteiger partial charge in [-0.15, -0.1) is 0 Å². The molecule has 1 aliphatic rings. The quantitative estimate of drug-likeness (QED) is 0.653. The molecule has 70 valence electrons. The molecule has 0 aromatic heterocycles. The van der Waals surface area contributed by atoms with E-state index in [0.717, 1.165) is 19.4 Å². The van der Waals surface area contributed by atoms with Gasteiger partial charge in [-0.2, -0.15) is 0 Å². The van der Waals surface area contributed by atoms with Crippen molar-refractivity contribution >= 4 is 5.91 Å². The van der Waals surface area contributed by atoms with E-state index in [1.165, 1.54) is 6.42 Å². The van der Waals surface area contributed by atoms with E-state index in [1.54, 1.807) is 0 Å². The SMILES string of the molecule is CCC(=O)NC[C@@H]1CC[C@H](N)C1. The molecular weight excluding hydrogens is 152 g/mol. The Morgan fingerprint density at radius 3 is 2.83 bits per heavy atom. The van der Waals surface area contributed by atoms with E-state index in [4.69, 9.17) is 5.73 Å². The van der Waals surface area contributed by atoms with Crippen molar-refractivity contribution in [2.24, 2.45) is 11.7 Å². The van der Waals surface area contributed by atoms with Gasteiger partial charge in [-0.05, 0) is 25.2 Å². The number of carbonyl (C=O) groups is 1. The van der Waals surface area contributed by atoms with Crippen LogP contribution in [0.2, 0.25) is 0 Å². The second-order valence-electron chi connectivity index (χ2n) is 3.60. The van der Waals surface area contributed by atoms with Crippen molar-refractivity contribution in [1.29, 1.82) is 0 Å². The molecule has 1 fully saturated rings. The van der Waals surface area contributed by atoms with Gasteiger partial charge < -0.3 is 11.1 Å². The molecule has 3 nitrogen and oxygen atoms in total. The molecule has 12 heavy (non-hydrogen) atoms. The van der Waals surface area contributed by atoms with Crippen LogP contribution in [0.1, 0.15) is 32.6 Å². The Hall–Kier alpha value is -0.570. The van der Waals surface area contributed by atoms with Gasteiger partial charge in [0.15, 0.2) is 0 Å². The minimum absolute atomic E-state index is 0.149. The maximum Gasteiger partial charge on any atom is 0.219 e. The van der Waals surface area contributed by atoms with Gasteiger partial charge in [-0.3, -0.25) is 4.79 Å².